The van der Waals surface area contributed by atoms with Crippen molar-refractivity contribution in [1.82, 2.24) is 4.90 Å². The van der Waals surface area contributed by atoms with E-state index in [2.05, 4.69) is 0 Å². The number of carbonyl (C=O) groups is 1. The summed E-state index contributed by atoms with van der Waals surface area (Å²) < 4.78 is 23.8. The van der Waals surface area contributed by atoms with Crippen LogP contribution in [0.2, 0.25) is 10.0 Å². The van der Waals surface area contributed by atoms with Crippen molar-refractivity contribution in [3.63, 3.8) is 0 Å². The fraction of sp³-hybridized carbons (Fsp3) is 0.316. The number of sulfone groups is 1. The average molecular weight is 444 g/mol. The van der Waals surface area contributed by atoms with E-state index in [1.54, 1.807) is 40.5 Å². The van der Waals surface area contributed by atoms with Gasteiger partial charge in [0.1, 0.15) is 0 Å². The van der Waals surface area contributed by atoms with Crippen molar-refractivity contribution in [1.29, 1.82) is 0 Å². The summed E-state index contributed by atoms with van der Waals surface area (Å²) in [6, 6.07) is 6.74. The van der Waals surface area contributed by atoms with Crippen LogP contribution in [-0.4, -0.2) is 36.8 Å². The predicted octanol–water partition coefficient (Wildman–Crippen LogP) is 4.59. The Morgan fingerprint density at radius 1 is 1.33 bits per heavy atom. The van der Waals surface area contributed by atoms with Crippen molar-refractivity contribution >= 4 is 56.4 Å². The first-order chi connectivity index (χ1) is 12.7. The first-order valence-electron chi connectivity index (χ1n) is 8.42. The molecule has 3 rings (SSSR count). The van der Waals surface area contributed by atoms with E-state index in [0.717, 1.165) is 10.4 Å². The Bertz CT molecular complexity index is 983. The van der Waals surface area contributed by atoms with E-state index in [-0.39, 0.29) is 23.5 Å². The van der Waals surface area contributed by atoms with E-state index < -0.39 is 9.84 Å². The molecule has 27 heavy (non-hydrogen) atoms. The van der Waals surface area contributed by atoms with Gasteiger partial charge in [-0.15, -0.1) is 11.3 Å². The number of hydrogen-bond donors (Lipinski definition) is 0. The maximum Gasteiger partial charge on any atom is 0.247 e. The van der Waals surface area contributed by atoms with Crippen molar-refractivity contribution in [2.24, 2.45) is 0 Å². The Kier molecular flexibility index (Phi) is 6.31. The molecule has 0 radical (unpaired) electrons. The maximum atomic E-state index is 12.9. The fourth-order valence-corrected chi connectivity index (χ4v) is 6.13. The number of aryl methyl sites for hydroxylation is 1. The molecule has 1 fully saturated rings. The second-order valence-electron chi connectivity index (χ2n) is 6.55. The van der Waals surface area contributed by atoms with E-state index >= 15 is 0 Å². The molecule has 1 aromatic heterocycles. The van der Waals surface area contributed by atoms with Gasteiger partial charge in [-0.2, -0.15) is 0 Å². The molecule has 0 spiro atoms. The van der Waals surface area contributed by atoms with Crippen LogP contribution >= 0.6 is 34.5 Å². The lowest BCUT2D eigenvalue weighted by Gasteiger charge is -2.27. The molecule has 0 saturated carbocycles. The normalized spacial score (nSPS) is 18.9. The number of benzene rings is 1. The Labute approximate surface area is 173 Å². The van der Waals surface area contributed by atoms with Crippen LogP contribution in [0, 0.1) is 6.92 Å². The number of carbonyl (C=O) groups excluding carboxylic acids is 1. The molecule has 4 nitrogen and oxygen atoms in total. The highest BCUT2D eigenvalue weighted by atomic mass is 35.5. The summed E-state index contributed by atoms with van der Waals surface area (Å²) in [4.78, 5) is 15.6. The van der Waals surface area contributed by atoms with E-state index in [9.17, 15) is 13.2 Å². The van der Waals surface area contributed by atoms with Crippen LogP contribution in [-0.2, 0) is 21.2 Å². The number of hydrogen-bond acceptors (Lipinski definition) is 4. The minimum Gasteiger partial charge on any atom is -0.330 e. The van der Waals surface area contributed by atoms with Crippen molar-refractivity contribution < 1.29 is 13.2 Å². The van der Waals surface area contributed by atoms with Crippen molar-refractivity contribution in [3.05, 3.63) is 61.8 Å². The molecule has 1 saturated heterocycles. The molecule has 8 heteroatoms. The van der Waals surface area contributed by atoms with Gasteiger partial charge >= 0.3 is 0 Å². The van der Waals surface area contributed by atoms with Gasteiger partial charge in [-0.3, -0.25) is 4.79 Å². The Balaban J connectivity index is 1.84. The molecule has 1 aliphatic heterocycles. The van der Waals surface area contributed by atoms with Gasteiger partial charge in [-0.25, -0.2) is 8.42 Å². The molecule has 144 valence electrons. The lowest BCUT2D eigenvalue weighted by atomic mass is 10.1. The van der Waals surface area contributed by atoms with E-state index in [1.165, 1.54) is 6.08 Å². The third-order valence-corrected chi connectivity index (χ3v) is 7.90. The number of nitrogens with zero attached hydrogens (tertiary/aromatic N) is 1. The van der Waals surface area contributed by atoms with Crippen LogP contribution in [0.4, 0.5) is 0 Å². The van der Waals surface area contributed by atoms with Crippen molar-refractivity contribution in [3.8, 4) is 0 Å². The summed E-state index contributed by atoms with van der Waals surface area (Å²) in [5.74, 6) is -0.0908. The largest absolute Gasteiger partial charge is 0.330 e. The molecular weight excluding hydrogens is 425 g/mol. The van der Waals surface area contributed by atoms with Crippen LogP contribution < -0.4 is 0 Å². The summed E-state index contributed by atoms with van der Waals surface area (Å²) in [7, 11) is -3.09. The predicted molar refractivity (Wildman–Crippen MR) is 112 cm³/mol. The molecule has 0 aliphatic carbocycles. The zero-order valence-corrected chi connectivity index (χ0v) is 17.8. The first kappa shape index (κ1) is 20.4. The molecule has 1 aromatic carbocycles. The minimum atomic E-state index is -3.09. The highest BCUT2D eigenvalue weighted by molar-refractivity contribution is 7.91. The van der Waals surface area contributed by atoms with Gasteiger partial charge in [0.25, 0.3) is 0 Å². The van der Waals surface area contributed by atoms with Gasteiger partial charge in [0.05, 0.1) is 18.1 Å². The van der Waals surface area contributed by atoms with Crippen LogP contribution in [0.5, 0.6) is 0 Å². The van der Waals surface area contributed by atoms with Crippen LogP contribution in [0.15, 0.2) is 35.7 Å². The standard InChI is InChI=1S/C19H19Cl2NO3S2/c1-13-6-8-26-18(13)11-22(16-7-9-27(24,25)12-16)19(23)5-3-14-2-4-15(20)10-17(14)21/h2-6,8,10,16H,7,9,11-12H2,1H3/b5-3+. The molecule has 0 N–H and O–H groups in total. The smallest absolute Gasteiger partial charge is 0.247 e. The van der Waals surface area contributed by atoms with Gasteiger partial charge in [0, 0.05) is 27.0 Å². The second-order valence-corrected chi connectivity index (χ2v) is 10.6. The lowest BCUT2D eigenvalue weighted by molar-refractivity contribution is -0.128. The van der Waals surface area contributed by atoms with Gasteiger partial charge in [-0.1, -0.05) is 29.3 Å². The molecule has 0 bridgehead atoms. The van der Waals surface area contributed by atoms with Crippen LogP contribution in [0.25, 0.3) is 6.08 Å². The van der Waals surface area contributed by atoms with E-state index in [0.29, 0.717) is 28.6 Å². The Hall–Kier alpha value is -1.34. The fourth-order valence-electron chi connectivity index (χ4n) is 3.02. The monoisotopic (exact) mass is 443 g/mol. The van der Waals surface area contributed by atoms with Crippen LogP contribution in [0.3, 0.4) is 0 Å². The topological polar surface area (TPSA) is 54.5 Å². The Morgan fingerprint density at radius 2 is 2.11 bits per heavy atom. The quantitative estimate of drug-likeness (QED) is 0.634. The summed E-state index contributed by atoms with van der Waals surface area (Å²) in [6.07, 6.45) is 3.55. The van der Waals surface area contributed by atoms with Gasteiger partial charge < -0.3 is 4.90 Å². The highest BCUT2D eigenvalue weighted by Crippen LogP contribution is 2.25. The average Bonchev–Trinajstić information content (AvgIpc) is 3.16. The van der Waals surface area contributed by atoms with E-state index in [1.807, 2.05) is 18.4 Å². The van der Waals surface area contributed by atoms with Gasteiger partial charge in [0.15, 0.2) is 9.84 Å². The molecule has 1 aliphatic rings. The summed E-state index contributed by atoms with van der Waals surface area (Å²) in [6.45, 7) is 2.39. The number of rotatable bonds is 5. The second kappa shape index (κ2) is 8.35. The third-order valence-electron chi connectivity index (χ3n) is 4.58. The van der Waals surface area contributed by atoms with Gasteiger partial charge in [-0.05, 0) is 54.1 Å². The van der Waals surface area contributed by atoms with Crippen molar-refractivity contribution in [2.45, 2.75) is 25.9 Å². The maximum absolute atomic E-state index is 12.9. The summed E-state index contributed by atoms with van der Waals surface area (Å²) in [5.41, 5.74) is 1.78. The molecule has 2 aromatic rings. The molecule has 1 amide bonds. The number of amides is 1. The van der Waals surface area contributed by atoms with Crippen molar-refractivity contribution in [2.75, 3.05) is 11.5 Å². The number of thiophene rings is 1. The van der Waals surface area contributed by atoms with E-state index in [4.69, 9.17) is 23.2 Å². The molecule has 2 heterocycles. The first-order valence-corrected chi connectivity index (χ1v) is 11.9. The third kappa shape index (κ3) is 5.13. The van der Waals surface area contributed by atoms with Crippen LogP contribution in [0.1, 0.15) is 22.4 Å². The Morgan fingerprint density at radius 3 is 2.70 bits per heavy atom. The number of halogens is 2. The summed E-state index contributed by atoms with van der Waals surface area (Å²) in [5, 5.41) is 2.95. The molecule has 1 atom stereocenters. The lowest BCUT2D eigenvalue weighted by Crippen LogP contribution is -2.39. The zero-order chi connectivity index (χ0) is 19.6. The minimum absolute atomic E-state index is 0.0126. The molecular formula is C19H19Cl2NO3S2. The molecule has 1 unspecified atom stereocenters. The zero-order valence-electron chi connectivity index (χ0n) is 14.7. The SMILES string of the molecule is Cc1ccsc1CN(C(=O)/C=C/c1ccc(Cl)cc1Cl)C1CCS(=O)(=O)C1. The summed E-state index contributed by atoms with van der Waals surface area (Å²) >= 11 is 13.6. The van der Waals surface area contributed by atoms with Gasteiger partial charge in [0.2, 0.25) is 5.91 Å². The highest BCUT2D eigenvalue weighted by Gasteiger charge is 2.34.